The summed E-state index contributed by atoms with van der Waals surface area (Å²) in [5.41, 5.74) is 5.97. The lowest BCUT2D eigenvalue weighted by Crippen LogP contribution is -2.27. The number of Topliss-reactive ketones (excluding diaryl/α,β-unsaturated/α-hetero) is 1. The Morgan fingerprint density at radius 1 is 1.12 bits per heavy atom. The summed E-state index contributed by atoms with van der Waals surface area (Å²) in [6.07, 6.45) is 6.46. The van der Waals surface area contributed by atoms with E-state index in [2.05, 4.69) is 11.1 Å². The second-order valence-electron chi connectivity index (χ2n) is 9.05. The maximum absolute atomic E-state index is 13.2. The Labute approximate surface area is 199 Å². The van der Waals surface area contributed by atoms with E-state index in [1.807, 2.05) is 61.7 Å². The van der Waals surface area contributed by atoms with Gasteiger partial charge in [-0.25, -0.2) is 0 Å². The summed E-state index contributed by atoms with van der Waals surface area (Å²) in [6.45, 7) is 2.64. The predicted molar refractivity (Wildman–Crippen MR) is 132 cm³/mol. The molecule has 1 aromatic heterocycles. The zero-order chi connectivity index (χ0) is 22.8. The third-order valence-electron chi connectivity index (χ3n) is 6.60. The zero-order valence-corrected chi connectivity index (χ0v) is 19.5. The molecule has 168 valence electrons. The van der Waals surface area contributed by atoms with Gasteiger partial charge in [-0.1, -0.05) is 35.9 Å². The number of aliphatic imine (C=N–C) groups is 1. The van der Waals surface area contributed by atoms with Crippen LogP contribution in [0.5, 0.6) is 5.75 Å². The van der Waals surface area contributed by atoms with Crippen molar-refractivity contribution in [3.8, 4) is 5.75 Å². The molecule has 2 unspecified atom stereocenters. The van der Waals surface area contributed by atoms with E-state index in [-0.39, 0.29) is 11.9 Å². The van der Waals surface area contributed by atoms with Crippen molar-refractivity contribution in [3.63, 3.8) is 0 Å². The van der Waals surface area contributed by atoms with Crippen LogP contribution in [-0.4, -0.2) is 22.6 Å². The molecule has 1 saturated carbocycles. The summed E-state index contributed by atoms with van der Waals surface area (Å²) in [7, 11) is 0. The highest BCUT2D eigenvalue weighted by Gasteiger charge is 2.27. The molecule has 0 saturated heterocycles. The molecule has 1 aliphatic carbocycles. The smallest absolute Gasteiger partial charge is 0.163 e. The average molecular weight is 459 g/mol. The number of hydrogen-bond acceptors (Lipinski definition) is 4. The Kier molecular flexibility index (Phi) is 6.28. The molecule has 2 aliphatic rings. The van der Waals surface area contributed by atoms with Crippen LogP contribution in [0.25, 0.3) is 0 Å². The van der Waals surface area contributed by atoms with E-state index < -0.39 is 0 Å². The summed E-state index contributed by atoms with van der Waals surface area (Å²) in [5.74, 6) is 1.24. The van der Waals surface area contributed by atoms with E-state index in [9.17, 15) is 4.79 Å². The number of hydrogen-bond donors (Lipinski definition) is 0. The molecule has 2 heterocycles. The number of nitrogens with zero attached hydrogens (tertiary/aromatic N) is 2. The van der Waals surface area contributed by atoms with Crippen LogP contribution in [-0.2, 0) is 6.54 Å². The number of benzene rings is 2. The van der Waals surface area contributed by atoms with Crippen molar-refractivity contribution < 1.29 is 9.53 Å². The summed E-state index contributed by atoms with van der Waals surface area (Å²) < 4.78 is 6.17. The van der Waals surface area contributed by atoms with Gasteiger partial charge in [0.15, 0.2) is 5.78 Å². The summed E-state index contributed by atoms with van der Waals surface area (Å²) in [5, 5.41) is 0.635. The van der Waals surface area contributed by atoms with E-state index in [1.165, 1.54) is 5.56 Å². The van der Waals surface area contributed by atoms with Gasteiger partial charge in [-0.15, -0.1) is 0 Å². The molecule has 3 aromatic rings. The number of carbonyl (C=O) groups is 1. The van der Waals surface area contributed by atoms with E-state index >= 15 is 0 Å². The zero-order valence-electron chi connectivity index (χ0n) is 18.8. The van der Waals surface area contributed by atoms with Crippen LogP contribution in [0.4, 0.5) is 0 Å². The number of aryl methyl sites for hydroxylation is 1. The van der Waals surface area contributed by atoms with Crippen LogP contribution in [0.1, 0.15) is 64.8 Å². The number of para-hydroxylation sites is 1. The quantitative estimate of drug-likeness (QED) is 0.391. The maximum Gasteiger partial charge on any atom is 0.163 e. The fraction of sp³-hybridized carbons (Fsp3) is 0.321. The number of ether oxygens (including phenoxy) is 1. The molecule has 5 rings (SSSR count). The highest BCUT2D eigenvalue weighted by molar-refractivity contribution is 6.32. The molecule has 0 spiro atoms. The van der Waals surface area contributed by atoms with Crippen LogP contribution in [0.15, 0.2) is 65.8 Å². The Balaban J connectivity index is 1.27. The Bertz CT molecular complexity index is 1220. The van der Waals surface area contributed by atoms with Crippen LogP contribution >= 0.6 is 11.6 Å². The van der Waals surface area contributed by atoms with Gasteiger partial charge in [0.25, 0.3) is 0 Å². The van der Waals surface area contributed by atoms with Gasteiger partial charge in [0.1, 0.15) is 5.75 Å². The lowest BCUT2D eigenvalue weighted by molar-refractivity contribution is 0.0882. The number of rotatable bonds is 6. The minimum atomic E-state index is 0.102. The molecule has 33 heavy (non-hydrogen) atoms. The molecule has 2 aromatic carbocycles. The molecule has 1 fully saturated rings. The molecule has 0 amide bonds. The van der Waals surface area contributed by atoms with Crippen molar-refractivity contribution in [1.82, 2.24) is 4.98 Å². The minimum absolute atomic E-state index is 0.102. The predicted octanol–water partition coefficient (Wildman–Crippen LogP) is 6.61. The molecule has 0 N–H and O–H groups in total. The van der Waals surface area contributed by atoms with Gasteiger partial charge >= 0.3 is 0 Å². The van der Waals surface area contributed by atoms with Gasteiger partial charge in [-0.2, -0.15) is 0 Å². The summed E-state index contributed by atoms with van der Waals surface area (Å²) in [6, 6.07) is 17.7. The molecule has 2 atom stereocenters. The van der Waals surface area contributed by atoms with Crippen molar-refractivity contribution in [3.05, 3.63) is 93.8 Å². The lowest BCUT2D eigenvalue weighted by atomic mass is 9.82. The van der Waals surface area contributed by atoms with E-state index in [1.54, 1.807) is 0 Å². The summed E-state index contributed by atoms with van der Waals surface area (Å²) >= 11 is 6.26. The monoisotopic (exact) mass is 458 g/mol. The van der Waals surface area contributed by atoms with Gasteiger partial charge in [-0.05, 0) is 74.4 Å². The third kappa shape index (κ3) is 4.86. The first-order valence-electron chi connectivity index (χ1n) is 11.6. The number of aromatic nitrogens is 1. The molecule has 1 aliphatic heterocycles. The fourth-order valence-corrected chi connectivity index (χ4v) is 5.11. The van der Waals surface area contributed by atoms with Crippen LogP contribution in [0, 0.1) is 12.8 Å². The van der Waals surface area contributed by atoms with Gasteiger partial charge in [0.05, 0.1) is 23.4 Å². The molecule has 0 bridgehead atoms. The molecular formula is C28H27ClN2O2. The minimum Gasteiger partial charge on any atom is -0.489 e. The Morgan fingerprint density at radius 2 is 2.00 bits per heavy atom. The summed E-state index contributed by atoms with van der Waals surface area (Å²) in [4.78, 5) is 22.2. The first-order chi connectivity index (χ1) is 16.1. The van der Waals surface area contributed by atoms with Gasteiger partial charge < -0.3 is 4.74 Å². The topological polar surface area (TPSA) is 51.5 Å². The molecular weight excluding hydrogens is 432 g/mol. The fourth-order valence-electron chi connectivity index (χ4n) is 4.93. The van der Waals surface area contributed by atoms with Gasteiger partial charge in [-0.3, -0.25) is 14.8 Å². The first-order valence-corrected chi connectivity index (χ1v) is 12.0. The van der Waals surface area contributed by atoms with Crippen LogP contribution in [0.3, 0.4) is 0 Å². The van der Waals surface area contributed by atoms with Crippen molar-refractivity contribution in [2.75, 3.05) is 0 Å². The van der Waals surface area contributed by atoms with Gasteiger partial charge in [0, 0.05) is 35.0 Å². The largest absolute Gasteiger partial charge is 0.489 e. The number of pyridine rings is 1. The first kappa shape index (κ1) is 21.8. The maximum atomic E-state index is 13.2. The Morgan fingerprint density at radius 3 is 2.85 bits per heavy atom. The second-order valence-corrected chi connectivity index (χ2v) is 9.46. The lowest BCUT2D eigenvalue weighted by Gasteiger charge is -2.29. The molecule has 5 heteroatoms. The highest BCUT2D eigenvalue weighted by atomic mass is 35.5. The second kappa shape index (κ2) is 9.48. The standard InChI is InChI=1S/C28H27ClN2O2/c1-18-13-21(11-12-30-18)28-24-16-20(9-10-22(24)17-31-28)26(32)15-19-5-4-6-23(14-19)33-27-8-3-2-7-25(27)29/h2-3,7-13,16,19,23H,4-6,14-15,17H2,1H3. The van der Waals surface area contributed by atoms with E-state index in [0.29, 0.717) is 23.9 Å². The van der Waals surface area contributed by atoms with E-state index in [0.717, 1.165) is 59.5 Å². The van der Waals surface area contributed by atoms with Crippen LogP contribution < -0.4 is 4.74 Å². The number of carbonyl (C=O) groups excluding carboxylic acids is 1. The molecule has 0 radical (unpaired) electrons. The average Bonchev–Trinajstić information content (AvgIpc) is 3.24. The molecule has 4 nitrogen and oxygen atoms in total. The number of fused-ring (bicyclic) bond motifs is 1. The SMILES string of the molecule is Cc1cc(C2=NCc3ccc(C(=O)CC4CCCC(Oc5ccccc5Cl)C4)cc32)ccn1. The van der Waals surface area contributed by atoms with Gasteiger partial charge in [0.2, 0.25) is 0 Å². The van der Waals surface area contributed by atoms with Crippen LogP contribution in [0.2, 0.25) is 5.02 Å². The van der Waals surface area contributed by atoms with Crippen molar-refractivity contribution in [2.45, 2.75) is 51.7 Å². The number of ketones is 1. The van der Waals surface area contributed by atoms with Crippen molar-refractivity contribution in [2.24, 2.45) is 10.9 Å². The Hall–Kier alpha value is -2.98. The van der Waals surface area contributed by atoms with E-state index in [4.69, 9.17) is 21.3 Å². The third-order valence-corrected chi connectivity index (χ3v) is 6.92. The normalized spacial score (nSPS) is 19.6. The van der Waals surface area contributed by atoms with Crippen molar-refractivity contribution in [1.29, 1.82) is 0 Å². The van der Waals surface area contributed by atoms with Crippen molar-refractivity contribution >= 4 is 23.1 Å². The number of halogens is 1. The highest BCUT2D eigenvalue weighted by Crippen LogP contribution is 2.33.